The van der Waals surface area contributed by atoms with Crippen LogP contribution in [0.25, 0.3) is 11.3 Å². The average Bonchev–Trinajstić information content (AvgIpc) is 3.01. The molecule has 1 aromatic carbocycles. The second-order valence-corrected chi connectivity index (χ2v) is 4.95. The van der Waals surface area contributed by atoms with E-state index in [9.17, 15) is 4.79 Å². The Balaban J connectivity index is 1.95. The molecule has 0 fully saturated rings. The fourth-order valence-corrected chi connectivity index (χ4v) is 2.05. The van der Waals surface area contributed by atoms with Crippen molar-refractivity contribution in [1.29, 1.82) is 0 Å². The summed E-state index contributed by atoms with van der Waals surface area (Å²) in [6.07, 6.45) is 2.53. The van der Waals surface area contributed by atoms with Crippen LogP contribution in [0.4, 0.5) is 0 Å². The number of amides is 1. The van der Waals surface area contributed by atoms with E-state index in [1.54, 1.807) is 18.0 Å². The highest BCUT2D eigenvalue weighted by Gasteiger charge is 2.17. The Morgan fingerprint density at radius 1 is 1.24 bits per heavy atom. The smallest absolute Gasteiger partial charge is 0.292 e. The predicted molar refractivity (Wildman–Crippen MR) is 79.8 cm³/mol. The van der Waals surface area contributed by atoms with E-state index in [0.717, 1.165) is 24.8 Å². The summed E-state index contributed by atoms with van der Waals surface area (Å²) < 4.78 is 5.15. The highest BCUT2D eigenvalue weighted by atomic mass is 16.5. The van der Waals surface area contributed by atoms with Crippen molar-refractivity contribution in [3.8, 4) is 11.3 Å². The minimum absolute atomic E-state index is 0.173. The van der Waals surface area contributed by atoms with Gasteiger partial charge in [0.05, 0.1) is 0 Å². The lowest BCUT2D eigenvalue weighted by molar-refractivity contribution is 0.0751. The molecule has 0 saturated heterocycles. The summed E-state index contributed by atoms with van der Waals surface area (Å²) in [6.45, 7) is 0.834. The van der Waals surface area contributed by atoms with Crippen LogP contribution in [-0.4, -0.2) is 41.3 Å². The number of carbonyl (C=O) groups excluding carboxylic acids is 1. The van der Waals surface area contributed by atoms with Crippen LogP contribution in [-0.2, 0) is 0 Å². The standard InChI is InChI=1S/C16H20N2O3/c1-18(10-6-3-7-11-19)16(20)15-12-14(17-21-15)13-8-4-2-5-9-13/h2,4-5,8-9,12,19H,3,6-7,10-11H2,1H3. The van der Waals surface area contributed by atoms with Crippen LogP contribution in [0.5, 0.6) is 0 Å². The summed E-state index contributed by atoms with van der Waals surface area (Å²) in [4.78, 5) is 13.8. The molecule has 21 heavy (non-hydrogen) atoms. The molecule has 0 saturated carbocycles. The number of aliphatic hydroxyl groups is 1. The topological polar surface area (TPSA) is 66.6 Å². The predicted octanol–water partition coefficient (Wildman–Crippen LogP) is 2.58. The molecule has 1 N–H and O–H groups in total. The Morgan fingerprint density at radius 3 is 2.71 bits per heavy atom. The minimum atomic E-state index is -0.173. The first kappa shape index (κ1) is 15.3. The third kappa shape index (κ3) is 4.16. The summed E-state index contributed by atoms with van der Waals surface area (Å²) in [5, 5.41) is 12.7. The minimum Gasteiger partial charge on any atom is -0.396 e. The number of nitrogens with zero attached hydrogens (tertiary/aromatic N) is 2. The van der Waals surface area contributed by atoms with E-state index in [1.165, 1.54) is 0 Å². The van der Waals surface area contributed by atoms with Crippen LogP contribution in [0, 0.1) is 0 Å². The quantitative estimate of drug-likeness (QED) is 0.795. The van der Waals surface area contributed by atoms with Gasteiger partial charge in [-0.2, -0.15) is 0 Å². The van der Waals surface area contributed by atoms with E-state index in [-0.39, 0.29) is 18.3 Å². The van der Waals surface area contributed by atoms with Crippen molar-refractivity contribution in [1.82, 2.24) is 10.1 Å². The van der Waals surface area contributed by atoms with Gasteiger partial charge in [0.15, 0.2) is 0 Å². The number of hydrogen-bond acceptors (Lipinski definition) is 4. The molecule has 1 amide bonds. The van der Waals surface area contributed by atoms with Crippen molar-refractivity contribution in [3.63, 3.8) is 0 Å². The van der Waals surface area contributed by atoms with Crippen molar-refractivity contribution >= 4 is 5.91 Å². The molecular formula is C16H20N2O3. The number of hydrogen-bond donors (Lipinski definition) is 1. The Hall–Kier alpha value is -2.14. The van der Waals surface area contributed by atoms with E-state index in [0.29, 0.717) is 12.2 Å². The Kier molecular flexibility index (Phi) is 5.51. The van der Waals surface area contributed by atoms with Gasteiger partial charge in [-0.05, 0) is 19.3 Å². The molecule has 0 aliphatic rings. The molecule has 0 radical (unpaired) electrons. The normalized spacial score (nSPS) is 10.6. The summed E-state index contributed by atoms with van der Waals surface area (Å²) >= 11 is 0. The molecule has 0 atom stereocenters. The molecular weight excluding hydrogens is 268 g/mol. The lowest BCUT2D eigenvalue weighted by atomic mass is 10.1. The second-order valence-electron chi connectivity index (χ2n) is 4.95. The summed E-state index contributed by atoms with van der Waals surface area (Å²) in [7, 11) is 1.74. The van der Waals surface area contributed by atoms with Gasteiger partial charge in [-0.25, -0.2) is 0 Å². The van der Waals surface area contributed by atoms with Crippen LogP contribution in [0.3, 0.4) is 0 Å². The zero-order chi connectivity index (χ0) is 15.1. The van der Waals surface area contributed by atoms with Gasteiger partial charge in [0.1, 0.15) is 5.69 Å². The highest BCUT2D eigenvalue weighted by molar-refractivity contribution is 5.92. The van der Waals surface area contributed by atoms with Gasteiger partial charge < -0.3 is 14.5 Å². The number of benzene rings is 1. The summed E-state index contributed by atoms with van der Waals surface area (Å²) in [5.74, 6) is 0.0761. The molecule has 0 aliphatic carbocycles. The van der Waals surface area contributed by atoms with Gasteiger partial charge in [-0.3, -0.25) is 4.79 Å². The number of aromatic nitrogens is 1. The van der Waals surface area contributed by atoms with Crippen molar-refractivity contribution in [3.05, 3.63) is 42.2 Å². The van der Waals surface area contributed by atoms with Crippen LogP contribution in [0.15, 0.2) is 40.9 Å². The molecule has 1 aromatic heterocycles. The molecule has 5 nitrogen and oxygen atoms in total. The maximum Gasteiger partial charge on any atom is 0.292 e. The first-order chi connectivity index (χ1) is 10.2. The monoisotopic (exact) mass is 288 g/mol. The first-order valence-corrected chi connectivity index (χ1v) is 7.11. The molecule has 0 bridgehead atoms. The van der Waals surface area contributed by atoms with Crippen molar-refractivity contribution in [2.24, 2.45) is 0 Å². The van der Waals surface area contributed by atoms with Gasteiger partial charge in [0.25, 0.3) is 5.91 Å². The third-order valence-electron chi connectivity index (χ3n) is 3.29. The van der Waals surface area contributed by atoms with Gasteiger partial charge in [-0.15, -0.1) is 0 Å². The van der Waals surface area contributed by atoms with Gasteiger partial charge >= 0.3 is 0 Å². The molecule has 112 valence electrons. The summed E-state index contributed by atoms with van der Waals surface area (Å²) in [5.41, 5.74) is 1.58. The number of carbonyl (C=O) groups is 1. The number of unbranched alkanes of at least 4 members (excludes halogenated alkanes) is 2. The zero-order valence-electron chi connectivity index (χ0n) is 12.2. The molecule has 0 unspecified atom stereocenters. The zero-order valence-corrected chi connectivity index (χ0v) is 12.2. The Labute approximate surface area is 124 Å². The van der Waals surface area contributed by atoms with E-state index in [1.807, 2.05) is 30.3 Å². The number of aliphatic hydroxyl groups excluding tert-OH is 1. The van der Waals surface area contributed by atoms with Crippen LogP contribution in [0.1, 0.15) is 29.8 Å². The van der Waals surface area contributed by atoms with Gasteiger partial charge in [0.2, 0.25) is 5.76 Å². The highest BCUT2D eigenvalue weighted by Crippen LogP contribution is 2.19. The molecule has 1 heterocycles. The van der Waals surface area contributed by atoms with Crippen molar-refractivity contribution < 1.29 is 14.4 Å². The van der Waals surface area contributed by atoms with Crippen LogP contribution >= 0.6 is 0 Å². The van der Waals surface area contributed by atoms with Gasteiger partial charge in [-0.1, -0.05) is 35.5 Å². The largest absolute Gasteiger partial charge is 0.396 e. The summed E-state index contributed by atoms with van der Waals surface area (Å²) in [6, 6.07) is 11.3. The molecule has 5 heteroatoms. The van der Waals surface area contributed by atoms with Crippen LogP contribution in [0.2, 0.25) is 0 Å². The molecule has 2 aromatic rings. The molecule has 0 aliphatic heterocycles. The maximum absolute atomic E-state index is 12.2. The van der Waals surface area contributed by atoms with Crippen LogP contribution < -0.4 is 0 Å². The Bertz CT molecular complexity index is 566. The molecule has 0 spiro atoms. The molecule has 2 rings (SSSR count). The number of rotatable bonds is 7. The van der Waals surface area contributed by atoms with E-state index in [2.05, 4.69) is 5.16 Å². The second kappa shape index (κ2) is 7.59. The average molecular weight is 288 g/mol. The fourth-order valence-electron chi connectivity index (χ4n) is 2.05. The lowest BCUT2D eigenvalue weighted by Crippen LogP contribution is -2.27. The fraction of sp³-hybridized carbons (Fsp3) is 0.375. The lowest BCUT2D eigenvalue weighted by Gasteiger charge is -2.14. The third-order valence-corrected chi connectivity index (χ3v) is 3.29. The van der Waals surface area contributed by atoms with Crippen molar-refractivity contribution in [2.45, 2.75) is 19.3 Å². The van der Waals surface area contributed by atoms with Gasteiger partial charge in [0, 0.05) is 31.8 Å². The van der Waals surface area contributed by atoms with Crippen molar-refractivity contribution in [2.75, 3.05) is 20.2 Å². The first-order valence-electron chi connectivity index (χ1n) is 7.11. The maximum atomic E-state index is 12.2. The Morgan fingerprint density at radius 2 is 2.00 bits per heavy atom. The van der Waals surface area contributed by atoms with E-state index in [4.69, 9.17) is 9.63 Å². The van der Waals surface area contributed by atoms with E-state index >= 15 is 0 Å². The van der Waals surface area contributed by atoms with E-state index < -0.39 is 0 Å². The SMILES string of the molecule is CN(CCCCCO)C(=O)c1cc(-c2ccccc2)no1.